The maximum Gasteiger partial charge on any atom is 0.115 e. The Morgan fingerprint density at radius 3 is 2.41 bits per heavy atom. The van der Waals surface area contributed by atoms with E-state index >= 15 is 0 Å². The molecule has 2 rings (SSSR count). The van der Waals surface area contributed by atoms with Gasteiger partial charge in [-0.05, 0) is 32.0 Å². The Morgan fingerprint density at radius 2 is 1.88 bits per heavy atom. The molecule has 0 aliphatic heterocycles. The molecule has 0 bridgehead atoms. The Hall–Kier alpha value is -1.02. The number of hydrogen-bond acceptors (Lipinski definition) is 1. The molecule has 0 saturated carbocycles. The van der Waals surface area contributed by atoms with Crippen molar-refractivity contribution in [1.82, 2.24) is 9.55 Å². The minimum absolute atomic E-state index is 0.0375. The Balaban J connectivity index is 2.80. The van der Waals surface area contributed by atoms with E-state index in [0.717, 1.165) is 21.9 Å². The summed E-state index contributed by atoms with van der Waals surface area (Å²) < 4.78 is 2.30. The molecule has 0 saturated heterocycles. The molecule has 0 atom stereocenters. The molecule has 0 radical (unpaired) electrons. The highest BCUT2D eigenvalue weighted by Gasteiger charge is 2.23. The highest BCUT2D eigenvalue weighted by molar-refractivity contribution is 6.31. The Labute approximate surface area is 108 Å². The molecular weight excluding hydrogens is 232 g/mol. The number of rotatable bonds is 1. The Kier molecular flexibility index (Phi) is 2.94. The molecule has 1 aromatic carbocycles. The number of aromatic nitrogens is 2. The van der Waals surface area contributed by atoms with Crippen molar-refractivity contribution in [2.24, 2.45) is 0 Å². The maximum absolute atomic E-state index is 6.02. The number of benzene rings is 1. The van der Waals surface area contributed by atoms with E-state index in [1.54, 1.807) is 0 Å². The lowest BCUT2D eigenvalue weighted by Gasteiger charge is -2.22. The van der Waals surface area contributed by atoms with Gasteiger partial charge in [0.25, 0.3) is 0 Å². The third kappa shape index (κ3) is 2.19. The summed E-state index contributed by atoms with van der Waals surface area (Å²) in [5.74, 6) is 1.12. The normalized spacial score (nSPS) is 12.6. The lowest BCUT2D eigenvalue weighted by Crippen LogP contribution is -2.20. The quantitative estimate of drug-likeness (QED) is 0.725. The van der Waals surface area contributed by atoms with E-state index in [0.29, 0.717) is 6.04 Å². The van der Waals surface area contributed by atoms with Gasteiger partial charge in [0.1, 0.15) is 5.82 Å². The van der Waals surface area contributed by atoms with Crippen LogP contribution in [0.25, 0.3) is 11.0 Å². The molecule has 1 heterocycles. The maximum atomic E-state index is 6.02. The lowest BCUT2D eigenvalue weighted by atomic mass is 9.95. The first-order valence-corrected chi connectivity index (χ1v) is 6.36. The predicted octanol–water partition coefficient (Wildman–Crippen LogP) is 4.57. The molecular formula is C14H19ClN2. The molecule has 0 aliphatic carbocycles. The van der Waals surface area contributed by atoms with E-state index in [1.165, 1.54) is 0 Å². The van der Waals surface area contributed by atoms with Gasteiger partial charge in [-0.25, -0.2) is 4.98 Å². The van der Waals surface area contributed by atoms with E-state index in [1.807, 2.05) is 12.1 Å². The summed E-state index contributed by atoms with van der Waals surface area (Å²) in [4.78, 5) is 4.74. The zero-order valence-electron chi connectivity index (χ0n) is 11.1. The van der Waals surface area contributed by atoms with Crippen LogP contribution in [0.5, 0.6) is 0 Å². The molecule has 0 amide bonds. The van der Waals surface area contributed by atoms with E-state index in [2.05, 4.69) is 45.3 Å². The topological polar surface area (TPSA) is 17.8 Å². The minimum atomic E-state index is 0.0375. The lowest BCUT2D eigenvalue weighted by molar-refractivity contribution is 0.477. The SMILES string of the molecule is CC(C)n1c(C(C)(C)C)nc2cc(Cl)ccc21. The number of halogens is 1. The molecule has 17 heavy (non-hydrogen) atoms. The van der Waals surface area contributed by atoms with Crippen LogP contribution in [0, 0.1) is 0 Å². The Morgan fingerprint density at radius 1 is 1.24 bits per heavy atom. The van der Waals surface area contributed by atoms with Gasteiger partial charge in [0.15, 0.2) is 0 Å². The van der Waals surface area contributed by atoms with Gasteiger partial charge in [0.05, 0.1) is 11.0 Å². The van der Waals surface area contributed by atoms with Crippen molar-refractivity contribution in [3.63, 3.8) is 0 Å². The smallest absolute Gasteiger partial charge is 0.115 e. The van der Waals surface area contributed by atoms with Gasteiger partial charge in [0, 0.05) is 16.5 Å². The van der Waals surface area contributed by atoms with Gasteiger partial charge < -0.3 is 4.57 Å². The second kappa shape index (κ2) is 4.02. The van der Waals surface area contributed by atoms with Gasteiger partial charge >= 0.3 is 0 Å². The van der Waals surface area contributed by atoms with Crippen molar-refractivity contribution >= 4 is 22.6 Å². The van der Waals surface area contributed by atoms with Crippen molar-refractivity contribution < 1.29 is 0 Å². The summed E-state index contributed by atoms with van der Waals surface area (Å²) in [7, 11) is 0. The zero-order valence-corrected chi connectivity index (χ0v) is 11.8. The summed E-state index contributed by atoms with van der Waals surface area (Å²) >= 11 is 6.02. The van der Waals surface area contributed by atoms with Gasteiger partial charge in [-0.2, -0.15) is 0 Å². The first-order valence-electron chi connectivity index (χ1n) is 5.98. The van der Waals surface area contributed by atoms with Crippen LogP contribution >= 0.6 is 11.6 Å². The third-order valence-electron chi connectivity index (χ3n) is 2.84. The molecule has 2 nitrogen and oxygen atoms in total. The van der Waals surface area contributed by atoms with Gasteiger partial charge in [-0.3, -0.25) is 0 Å². The second-order valence-electron chi connectivity index (χ2n) is 5.78. The standard InChI is InChI=1S/C14H19ClN2/c1-9(2)17-12-7-6-10(15)8-11(12)16-13(17)14(3,4)5/h6-9H,1-5H3. The van der Waals surface area contributed by atoms with Gasteiger partial charge in [-0.15, -0.1) is 0 Å². The zero-order chi connectivity index (χ0) is 12.8. The molecule has 0 N–H and O–H groups in total. The van der Waals surface area contributed by atoms with E-state index in [4.69, 9.17) is 16.6 Å². The summed E-state index contributed by atoms with van der Waals surface area (Å²) in [6, 6.07) is 6.32. The van der Waals surface area contributed by atoms with Crippen molar-refractivity contribution in [2.75, 3.05) is 0 Å². The fourth-order valence-electron chi connectivity index (χ4n) is 2.12. The van der Waals surface area contributed by atoms with Crippen LogP contribution in [-0.2, 0) is 5.41 Å². The summed E-state index contributed by atoms with van der Waals surface area (Å²) in [6.07, 6.45) is 0. The van der Waals surface area contributed by atoms with E-state index in [-0.39, 0.29) is 5.41 Å². The molecule has 92 valence electrons. The van der Waals surface area contributed by atoms with E-state index in [9.17, 15) is 0 Å². The van der Waals surface area contributed by atoms with Gasteiger partial charge in [-0.1, -0.05) is 32.4 Å². The first kappa shape index (κ1) is 12.4. The highest BCUT2D eigenvalue weighted by atomic mass is 35.5. The van der Waals surface area contributed by atoms with Crippen molar-refractivity contribution in [1.29, 1.82) is 0 Å². The van der Waals surface area contributed by atoms with Crippen molar-refractivity contribution in [2.45, 2.75) is 46.1 Å². The van der Waals surface area contributed by atoms with Crippen LogP contribution in [0.3, 0.4) is 0 Å². The fourth-order valence-corrected chi connectivity index (χ4v) is 2.29. The predicted molar refractivity (Wildman–Crippen MR) is 73.8 cm³/mol. The first-order chi connectivity index (χ1) is 7.80. The number of imidazole rings is 1. The second-order valence-corrected chi connectivity index (χ2v) is 6.22. The third-order valence-corrected chi connectivity index (χ3v) is 3.07. The fraction of sp³-hybridized carbons (Fsp3) is 0.500. The van der Waals surface area contributed by atoms with Gasteiger partial charge in [0.2, 0.25) is 0 Å². The van der Waals surface area contributed by atoms with Crippen LogP contribution in [0.4, 0.5) is 0 Å². The highest BCUT2D eigenvalue weighted by Crippen LogP contribution is 2.30. The molecule has 0 spiro atoms. The van der Waals surface area contributed by atoms with Crippen LogP contribution in [0.2, 0.25) is 5.02 Å². The number of hydrogen-bond donors (Lipinski definition) is 0. The Bertz CT molecular complexity index is 547. The largest absolute Gasteiger partial charge is 0.325 e. The van der Waals surface area contributed by atoms with Crippen LogP contribution in [-0.4, -0.2) is 9.55 Å². The average Bonchev–Trinajstić information content (AvgIpc) is 2.55. The van der Waals surface area contributed by atoms with Crippen LogP contribution in [0.1, 0.15) is 46.5 Å². The molecule has 3 heteroatoms. The monoisotopic (exact) mass is 250 g/mol. The number of fused-ring (bicyclic) bond motifs is 1. The van der Waals surface area contributed by atoms with E-state index < -0.39 is 0 Å². The summed E-state index contributed by atoms with van der Waals surface area (Å²) in [6.45, 7) is 10.9. The molecule has 0 aliphatic rings. The van der Waals surface area contributed by atoms with Crippen molar-refractivity contribution in [3.8, 4) is 0 Å². The summed E-state index contributed by atoms with van der Waals surface area (Å²) in [5, 5.41) is 0.742. The average molecular weight is 251 g/mol. The minimum Gasteiger partial charge on any atom is -0.325 e. The number of nitrogens with zero attached hydrogens (tertiary/aromatic N) is 2. The van der Waals surface area contributed by atoms with Crippen LogP contribution in [0.15, 0.2) is 18.2 Å². The molecule has 2 aromatic rings. The summed E-state index contributed by atoms with van der Waals surface area (Å²) in [5.41, 5.74) is 2.18. The molecule has 0 unspecified atom stereocenters. The van der Waals surface area contributed by atoms with Crippen molar-refractivity contribution in [3.05, 3.63) is 29.0 Å². The van der Waals surface area contributed by atoms with Crippen LogP contribution < -0.4 is 0 Å². The molecule has 1 aromatic heterocycles. The molecule has 0 fully saturated rings.